The molecule has 0 bridgehead atoms. The maximum absolute atomic E-state index is 12.8. The number of allylic oxidation sites excluding steroid dienone is 1. The summed E-state index contributed by atoms with van der Waals surface area (Å²) in [4.78, 5) is 15.8. The zero-order valence-electron chi connectivity index (χ0n) is 15.8. The third-order valence-corrected chi connectivity index (χ3v) is 6.50. The normalized spacial score (nSPS) is 12.9. The minimum absolute atomic E-state index is 0.103. The van der Waals surface area contributed by atoms with Crippen LogP contribution in [0.1, 0.15) is 25.0 Å². The first-order valence-electron chi connectivity index (χ1n) is 8.62. The quantitative estimate of drug-likeness (QED) is 0.388. The number of nitrogen functional groups attached to an aromatic ring is 1. The van der Waals surface area contributed by atoms with E-state index in [1.54, 1.807) is 32.0 Å². The summed E-state index contributed by atoms with van der Waals surface area (Å²) in [5.41, 5.74) is 8.62. The van der Waals surface area contributed by atoms with Gasteiger partial charge in [0.2, 0.25) is 16.0 Å². The molecule has 7 nitrogen and oxygen atoms in total. The number of imidazole rings is 1. The molecule has 1 heterocycles. The van der Waals surface area contributed by atoms with Crippen LogP contribution in [0.15, 0.2) is 54.3 Å². The molecule has 0 aliphatic carbocycles. The van der Waals surface area contributed by atoms with E-state index in [9.17, 15) is 13.2 Å². The van der Waals surface area contributed by atoms with Gasteiger partial charge in [0.15, 0.2) is 12.0 Å². The van der Waals surface area contributed by atoms with Crippen molar-refractivity contribution in [3.63, 3.8) is 0 Å². The predicted molar refractivity (Wildman–Crippen MR) is 109 cm³/mol. The minimum Gasteiger partial charge on any atom is -0.493 e. The number of nitrogens with zero attached hydrogens (tertiary/aromatic N) is 2. The summed E-state index contributed by atoms with van der Waals surface area (Å²) in [5, 5.41) is -0.676. The summed E-state index contributed by atoms with van der Waals surface area (Å²) in [6, 6.07) is 14.3. The number of fused-ring (bicyclic) bond motifs is 1. The topological polar surface area (TPSA) is 104 Å². The lowest BCUT2D eigenvalue weighted by Gasteiger charge is -2.14. The molecule has 0 radical (unpaired) electrons. The number of aldehydes is 1. The van der Waals surface area contributed by atoms with Crippen LogP contribution in [-0.4, -0.2) is 36.0 Å². The molecular formula is C20H21N3O4S. The van der Waals surface area contributed by atoms with Crippen LogP contribution in [0, 0.1) is 0 Å². The maximum Gasteiger partial charge on any atom is 0.244 e. The highest BCUT2D eigenvalue weighted by Crippen LogP contribution is 2.31. The fourth-order valence-electron chi connectivity index (χ4n) is 2.97. The van der Waals surface area contributed by atoms with E-state index in [0.717, 1.165) is 9.54 Å². The van der Waals surface area contributed by atoms with Gasteiger partial charge in [-0.25, -0.2) is 17.4 Å². The lowest BCUT2D eigenvalue weighted by Crippen LogP contribution is -2.23. The SMILES string of the molecule is COC(C=O)=C(c1ccccc1)c1ccc2nc(N)n(S(=O)(=O)C(C)C)c2c1. The van der Waals surface area contributed by atoms with E-state index < -0.39 is 15.3 Å². The van der Waals surface area contributed by atoms with Crippen LogP contribution in [-0.2, 0) is 19.6 Å². The van der Waals surface area contributed by atoms with Gasteiger partial charge in [0.25, 0.3) is 0 Å². The Morgan fingerprint density at radius 2 is 1.82 bits per heavy atom. The van der Waals surface area contributed by atoms with Crippen LogP contribution in [0.2, 0.25) is 0 Å². The summed E-state index contributed by atoms with van der Waals surface area (Å²) in [6.07, 6.45) is 0.628. The number of carbonyl (C=O) groups is 1. The number of nitrogens with two attached hydrogens (primary N) is 1. The molecule has 0 aliphatic rings. The Balaban J connectivity index is 2.34. The summed E-state index contributed by atoms with van der Waals surface area (Å²) in [5.74, 6) is 0.0322. The average molecular weight is 399 g/mol. The van der Waals surface area contributed by atoms with Crippen molar-refractivity contribution < 1.29 is 17.9 Å². The molecule has 0 spiro atoms. The molecule has 2 N–H and O–H groups in total. The number of methoxy groups -OCH3 is 1. The lowest BCUT2D eigenvalue weighted by atomic mass is 9.96. The van der Waals surface area contributed by atoms with E-state index in [1.807, 2.05) is 30.3 Å². The molecule has 1 aromatic heterocycles. The molecule has 3 aromatic rings. The van der Waals surface area contributed by atoms with Gasteiger partial charge in [0.05, 0.1) is 23.4 Å². The molecule has 0 saturated heterocycles. The van der Waals surface area contributed by atoms with E-state index in [-0.39, 0.29) is 11.7 Å². The Morgan fingerprint density at radius 3 is 2.39 bits per heavy atom. The van der Waals surface area contributed by atoms with Crippen LogP contribution in [0.25, 0.3) is 16.6 Å². The number of hydrogen-bond donors (Lipinski definition) is 1. The average Bonchev–Trinajstić information content (AvgIpc) is 3.02. The van der Waals surface area contributed by atoms with Crippen LogP contribution in [0.5, 0.6) is 0 Å². The van der Waals surface area contributed by atoms with Gasteiger partial charge in [-0.15, -0.1) is 0 Å². The van der Waals surface area contributed by atoms with Gasteiger partial charge in [-0.3, -0.25) is 4.79 Å². The highest BCUT2D eigenvalue weighted by Gasteiger charge is 2.25. The van der Waals surface area contributed by atoms with Gasteiger partial charge in [0, 0.05) is 5.57 Å². The lowest BCUT2D eigenvalue weighted by molar-refractivity contribution is -0.107. The van der Waals surface area contributed by atoms with Crippen molar-refractivity contribution in [2.75, 3.05) is 12.8 Å². The molecule has 0 aliphatic heterocycles. The van der Waals surface area contributed by atoms with Crippen molar-refractivity contribution in [1.29, 1.82) is 0 Å². The van der Waals surface area contributed by atoms with Crippen molar-refractivity contribution in [3.8, 4) is 0 Å². The molecule has 0 atom stereocenters. The Hall–Kier alpha value is -3.13. The number of anilines is 1. The van der Waals surface area contributed by atoms with Crippen molar-refractivity contribution in [1.82, 2.24) is 8.96 Å². The van der Waals surface area contributed by atoms with Crippen LogP contribution in [0.3, 0.4) is 0 Å². The first-order chi connectivity index (χ1) is 13.3. The zero-order valence-corrected chi connectivity index (χ0v) is 16.6. The second-order valence-corrected chi connectivity index (χ2v) is 8.80. The number of hydrogen-bond acceptors (Lipinski definition) is 6. The van der Waals surface area contributed by atoms with Gasteiger partial charge in [-0.1, -0.05) is 36.4 Å². The van der Waals surface area contributed by atoms with E-state index in [2.05, 4.69) is 4.98 Å². The molecule has 0 amide bonds. The fraction of sp³-hybridized carbons (Fsp3) is 0.200. The van der Waals surface area contributed by atoms with E-state index >= 15 is 0 Å². The molecule has 0 fully saturated rings. The zero-order chi connectivity index (χ0) is 20.5. The fourth-order valence-corrected chi connectivity index (χ4v) is 4.12. The van der Waals surface area contributed by atoms with Crippen LogP contribution < -0.4 is 5.73 Å². The highest BCUT2D eigenvalue weighted by atomic mass is 32.2. The highest BCUT2D eigenvalue weighted by molar-refractivity contribution is 7.90. The van der Waals surface area contributed by atoms with Gasteiger partial charge in [-0.2, -0.15) is 0 Å². The Bertz CT molecular complexity index is 1160. The van der Waals surface area contributed by atoms with Crippen LogP contribution >= 0.6 is 0 Å². The monoisotopic (exact) mass is 399 g/mol. The van der Waals surface area contributed by atoms with Gasteiger partial charge >= 0.3 is 0 Å². The summed E-state index contributed by atoms with van der Waals surface area (Å²) in [7, 11) is -2.30. The van der Waals surface area contributed by atoms with Gasteiger partial charge < -0.3 is 10.5 Å². The summed E-state index contributed by atoms with van der Waals surface area (Å²) in [6.45, 7) is 3.16. The standard InChI is InChI=1S/C20H21N3O4S/c1-13(2)28(25,26)23-17-11-15(9-10-16(17)22-20(23)21)19(18(12-24)27-3)14-7-5-4-6-8-14/h4-13H,1-3H3,(H2,21,22). The molecule has 2 aromatic carbocycles. The number of benzene rings is 2. The minimum atomic E-state index is -3.72. The molecule has 0 saturated carbocycles. The van der Waals surface area contributed by atoms with Crippen molar-refractivity contribution >= 4 is 38.9 Å². The summed E-state index contributed by atoms with van der Waals surface area (Å²) >= 11 is 0. The third kappa shape index (κ3) is 3.27. The van der Waals surface area contributed by atoms with Crippen molar-refractivity contribution in [2.24, 2.45) is 0 Å². The maximum atomic E-state index is 12.8. The van der Waals surface area contributed by atoms with Crippen LogP contribution in [0.4, 0.5) is 5.95 Å². The Morgan fingerprint density at radius 1 is 1.14 bits per heavy atom. The smallest absolute Gasteiger partial charge is 0.244 e. The molecule has 28 heavy (non-hydrogen) atoms. The predicted octanol–water partition coefficient (Wildman–Crippen LogP) is 2.81. The number of rotatable bonds is 6. The number of carbonyl (C=O) groups excluding carboxylic acids is 1. The Kier molecular flexibility index (Phi) is 5.24. The molecule has 0 unspecified atom stereocenters. The molecular weight excluding hydrogens is 378 g/mol. The second-order valence-electron chi connectivity index (χ2n) is 6.46. The molecule has 8 heteroatoms. The van der Waals surface area contributed by atoms with E-state index in [4.69, 9.17) is 10.5 Å². The molecule has 3 rings (SSSR count). The van der Waals surface area contributed by atoms with Gasteiger partial charge in [0.1, 0.15) is 0 Å². The van der Waals surface area contributed by atoms with Crippen molar-refractivity contribution in [3.05, 3.63) is 65.4 Å². The second kappa shape index (κ2) is 7.47. The first kappa shape index (κ1) is 19.6. The number of aromatic nitrogens is 2. The van der Waals surface area contributed by atoms with Crippen molar-refractivity contribution in [2.45, 2.75) is 19.1 Å². The third-order valence-electron chi connectivity index (χ3n) is 4.41. The van der Waals surface area contributed by atoms with E-state index in [0.29, 0.717) is 28.5 Å². The largest absolute Gasteiger partial charge is 0.493 e. The molecule has 146 valence electrons. The first-order valence-corrected chi connectivity index (χ1v) is 10.1. The number of ether oxygens (including phenoxy) is 1. The van der Waals surface area contributed by atoms with E-state index in [1.165, 1.54) is 7.11 Å². The Labute approximate surface area is 163 Å². The van der Waals surface area contributed by atoms with Gasteiger partial charge in [-0.05, 0) is 37.1 Å². The summed E-state index contributed by atoms with van der Waals surface area (Å²) < 4.78 is 31.9.